The van der Waals surface area contributed by atoms with E-state index in [1.807, 2.05) is 0 Å². The van der Waals surface area contributed by atoms with Gasteiger partial charge in [-0.05, 0) is 25.0 Å². The molecule has 0 radical (unpaired) electrons. The third-order valence-corrected chi connectivity index (χ3v) is 2.88. The molecule has 6 heteroatoms. The van der Waals surface area contributed by atoms with Crippen molar-refractivity contribution in [1.29, 1.82) is 0 Å². The maximum Gasteiger partial charge on any atom is 0.401 e. The molecule has 0 amide bonds. The largest absolute Gasteiger partial charge is 0.401 e. The lowest BCUT2D eigenvalue weighted by molar-refractivity contribution is -0.148. The number of hydrogen-bond donors (Lipinski definition) is 1. The van der Waals surface area contributed by atoms with Crippen LogP contribution in [-0.2, 0) is 13.1 Å². The van der Waals surface area contributed by atoms with Crippen LogP contribution in [0.2, 0.25) is 0 Å². The Hall–Kier alpha value is -1.14. The number of halogens is 3. The average Bonchev–Trinajstić information content (AvgIpc) is 3.10. The topological polar surface area (TPSA) is 42.1 Å². The molecule has 0 saturated heterocycles. The molecule has 0 atom stereocenters. The van der Waals surface area contributed by atoms with Crippen LogP contribution in [0.3, 0.4) is 0 Å². The summed E-state index contributed by atoms with van der Waals surface area (Å²) in [5.74, 6) is 0. The Morgan fingerprint density at radius 3 is 2.50 bits per heavy atom. The first-order chi connectivity index (χ1) is 8.48. The van der Waals surface area contributed by atoms with Gasteiger partial charge in [-0.3, -0.25) is 9.88 Å². The fraction of sp³-hybridized carbons (Fsp3) is 0.583. The summed E-state index contributed by atoms with van der Waals surface area (Å²) in [5, 5.41) is 0. The van der Waals surface area contributed by atoms with E-state index in [0.29, 0.717) is 17.9 Å². The van der Waals surface area contributed by atoms with Gasteiger partial charge in [-0.25, -0.2) is 0 Å². The normalized spacial score (nSPS) is 16.3. The van der Waals surface area contributed by atoms with Gasteiger partial charge in [0.2, 0.25) is 0 Å². The van der Waals surface area contributed by atoms with Gasteiger partial charge in [0, 0.05) is 19.1 Å². The van der Waals surface area contributed by atoms with Crippen LogP contribution in [0.15, 0.2) is 18.2 Å². The van der Waals surface area contributed by atoms with Crippen LogP contribution in [-0.4, -0.2) is 28.6 Å². The number of hydrogen-bond acceptors (Lipinski definition) is 3. The third-order valence-electron chi connectivity index (χ3n) is 2.88. The Bertz CT molecular complexity index is 402. The SMILES string of the molecule is NCc1cccc(CN(CC(F)(F)F)C2CC2)n1. The first kappa shape index (κ1) is 13.3. The lowest BCUT2D eigenvalue weighted by atomic mass is 10.2. The minimum Gasteiger partial charge on any atom is -0.325 e. The molecular weight excluding hydrogens is 243 g/mol. The van der Waals surface area contributed by atoms with Crippen molar-refractivity contribution in [3.63, 3.8) is 0 Å². The van der Waals surface area contributed by atoms with E-state index in [1.54, 1.807) is 18.2 Å². The predicted octanol–water partition coefficient (Wildman–Crippen LogP) is 2.07. The van der Waals surface area contributed by atoms with Gasteiger partial charge < -0.3 is 5.73 Å². The number of nitrogens with zero attached hydrogens (tertiary/aromatic N) is 2. The molecule has 2 rings (SSSR count). The highest BCUT2D eigenvalue weighted by molar-refractivity contribution is 5.11. The smallest absolute Gasteiger partial charge is 0.325 e. The van der Waals surface area contributed by atoms with Gasteiger partial charge in [0.15, 0.2) is 0 Å². The summed E-state index contributed by atoms with van der Waals surface area (Å²) < 4.78 is 37.4. The zero-order valence-corrected chi connectivity index (χ0v) is 9.95. The van der Waals surface area contributed by atoms with Crippen molar-refractivity contribution in [2.24, 2.45) is 5.73 Å². The van der Waals surface area contributed by atoms with Gasteiger partial charge in [0.1, 0.15) is 0 Å². The first-order valence-corrected chi connectivity index (χ1v) is 5.93. The lowest BCUT2D eigenvalue weighted by Crippen LogP contribution is -2.35. The van der Waals surface area contributed by atoms with Crippen molar-refractivity contribution in [3.8, 4) is 0 Å². The van der Waals surface area contributed by atoms with Crippen molar-refractivity contribution in [2.75, 3.05) is 6.54 Å². The van der Waals surface area contributed by atoms with Crippen molar-refractivity contribution in [3.05, 3.63) is 29.6 Å². The Morgan fingerprint density at radius 2 is 1.94 bits per heavy atom. The molecule has 0 bridgehead atoms. The Balaban J connectivity index is 2.03. The van der Waals surface area contributed by atoms with E-state index >= 15 is 0 Å². The van der Waals surface area contributed by atoms with Crippen molar-refractivity contribution in [1.82, 2.24) is 9.88 Å². The molecule has 1 fully saturated rings. The third kappa shape index (κ3) is 3.96. The second kappa shape index (κ2) is 5.24. The van der Waals surface area contributed by atoms with Crippen LogP contribution in [0.4, 0.5) is 13.2 Å². The van der Waals surface area contributed by atoms with E-state index in [0.717, 1.165) is 12.8 Å². The maximum atomic E-state index is 12.5. The quantitative estimate of drug-likeness (QED) is 0.880. The number of alkyl halides is 3. The minimum absolute atomic E-state index is 0.0509. The first-order valence-electron chi connectivity index (χ1n) is 5.93. The predicted molar refractivity (Wildman–Crippen MR) is 61.6 cm³/mol. The Labute approximate surface area is 104 Å². The molecule has 100 valence electrons. The molecule has 0 aliphatic heterocycles. The number of pyridine rings is 1. The van der Waals surface area contributed by atoms with Crippen molar-refractivity contribution < 1.29 is 13.2 Å². The highest BCUT2D eigenvalue weighted by Gasteiger charge is 2.38. The molecule has 0 spiro atoms. The second-order valence-electron chi connectivity index (χ2n) is 4.58. The van der Waals surface area contributed by atoms with Crippen LogP contribution < -0.4 is 5.73 Å². The van der Waals surface area contributed by atoms with Gasteiger partial charge in [0.25, 0.3) is 0 Å². The van der Waals surface area contributed by atoms with E-state index in [4.69, 9.17) is 5.73 Å². The van der Waals surface area contributed by atoms with Crippen molar-refractivity contribution in [2.45, 2.75) is 38.1 Å². The molecule has 0 unspecified atom stereocenters. The van der Waals surface area contributed by atoms with Crippen LogP contribution in [0.1, 0.15) is 24.2 Å². The van der Waals surface area contributed by atoms with E-state index in [9.17, 15) is 13.2 Å². The number of nitrogens with two attached hydrogens (primary N) is 1. The van der Waals surface area contributed by atoms with Gasteiger partial charge in [-0.1, -0.05) is 6.07 Å². The summed E-state index contributed by atoms with van der Waals surface area (Å²) in [7, 11) is 0. The second-order valence-corrected chi connectivity index (χ2v) is 4.58. The van der Waals surface area contributed by atoms with E-state index in [-0.39, 0.29) is 12.6 Å². The van der Waals surface area contributed by atoms with Crippen LogP contribution in [0, 0.1) is 0 Å². The number of aromatic nitrogens is 1. The highest BCUT2D eigenvalue weighted by Crippen LogP contribution is 2.31. The molecule has 2 N–H and O–H groups in total. The minimum atomic E-state index is -4.16. The summed E-state index contributed by atoms with van der Waals surface area (Å²) >= 11 is 0. The molecule has 1 saturated carbocycles. The molecule has 1 aliphatic rings. The van der Waals surface area contributed by atoms with Crippen LogP contribution >= 0.6 is 0 Å². The molecular formula is C12H16F3N3. The standard InChI is InChI=1S/C12H16F3N3/c13-12(14,15)8-18(11-4-5-11)7-10-3-1-2-9(6-16)17-10/h1-3,11H,4-8,16H2. The van der Waals surface area contributed by atoms with E-state index < -0.39 is 12.7 Å². The summed E-state index contributed by atoms with van der Waals surface area (Å²) in [4.78, 5) is 5.68. The summed E-state index contributed by atoms with van der Waals surface area (Å²) in [6, 6.07) is 5.35. The average molecular weight is 259 g/mol. The zero-order chi connectivity index (χ0) is 13.2. The van der Waals surface area contributed by atoms with Gasteiger partial charge in [-0.2, -0.15) is 13.2 Å². The lowest BCUT2D eigenvalue weighted by Gasteiger charge is -2.23. The van der Waals surface area contributed by atoms with E-state index in [1.165, 1.54) is 4.90 Å². The van der Waals surface area contributed by atoms with Crippen molar-refractivity contribution >= 4 is 0 Å². The molecule has 1 aliphatic carbocycles. The molecule has 1 aromatic rings. The molecule has 18 heavy (non-hydrogen) atoms. The van der Waals surface area contributed by atoms with Gasteiger partial charge >= 0.3 is 6.18 Å². The van der Waals surface area contributed by atoms with E-state index in [2.05, 4.69) is 4.98 Å². The van der Waals surface area contributed by atoms with Crippen LogP contribution in [0.25, 0.3) is 0 Å². The molecule has 1 heterocycles. The highest BCUT2D eigenvalue weighted by atomic mass is 19.4. The monoisotopic (exact) mass is 259 g/mol. The molecule has 0 aromatic carbocycles. The van der Waals surface area contributed by atoms with Gasteiger partial charge in [0.05, 0.1) is 17.9 Å². The fourth-order valence-electron chi connectivity index (χ4n) is 1.92. The molecule has 3 nitrogen and oxygen atoms in total. The fourth-order valence-corrected chi connectivity index (χ4v) is 1.92. The van der Waals surface area contributed by atoms with Gasteiger partial charge in [-0.15, -0.1) is 0 Å². The number of rotatable bonds is 5. The Morgan fingerprint density at radius 1 is 1.28 bits per heavy atom. The molecule has 1 aromatic heterocycles. The maximum absolute atomic E-state index is 12.5. The zero-order valence-electron chi connectivity index (χ0n) is 9.95. The van der Waals surface area contributed by atoms with Crippen LogP contribution in [0.5, 0.6) is 0 Å². The Kier molecular flexibility index (Phi) is 3.87. The summed E-state index contributed by atoms with van der Waals surface area (Å²) in [5.41, 5.74) is 6.82. The summed E-state index contributed by atoms with van der Waals surface area (Å²) in [6.07, 6.45) is -2.48. The summed E-state index contributed by atoms with van der Waals surface area (Å²) in [6.45, 7) is -0.333.